The maximum atomic E-state index is 13.8. The van der Waals surface area contributed by atoms with Crippen LogP contribution in [0.3, 0.4) is 0 Å². The summed E-state index contributed by atoms with van der Waals surface area (Å²) in [4.78, 5) is 29.7. The first-order valence-electron chi connectivity index (χ1n) is 15.0. The van der Waals surface area contributed by atoms with E-state index in [4.69, 9.17) is 14.2 Å². The first-order valence-corrected chi connectivity index (χ1v) is 15.0. The second kappa shape index (κ2) is 11.1. The summed E-state index contributed by atoms with van der Waals surface area (Å²) in [7, 11) is 1.37. The Morgan fingerprint density at radius 1 is 1.05 bits per heavy atom. The molecule has 2 saturated heterocycles. The van der Waals surface area contributed by atoms with Crippen molar-refractivity contribution < 1.29 is 49.3 Å². The van der Waals surface area contributed by atoms with Crippen molar-refractivity contribution in [3.8, 4) is 17.2 Å². The number of ketones is 2. The smallest absolute Gasteiger partial charge is 0.202 e. The molecule has 0 saturated carbocycles. The lowest BCUT2D eigenvalue weighted by Gasteiger charge is -2.46. The van der Waals surface area contributed by atoms with Crippen molar-refractivity contribution in [2.24, 2.45) is 0 Å². The number of aromatic hydroxyl groups is 2. The van der Waals surface area contributed by atoms with E-state index in [1.165, 1.54) is 26.2 Å². The van der Waals surface area contributed by atoms with Gasteiger partial charge in [-0.2, -0.15) is 0 Å². The summed E-state index contributed by atoms with van der Waals surface area (Å²) in [5.74, 6) is -2.30. The van der Waals surface area contributed by atoms with E-state index in [9.17, 15) is 35.1 Å². The standard InChI is InChI=1S/C32H39NO10/c1-15-27(35)19(33-10-5-4-6-11-33)12-22(42-15)43-21-14-32(40,16(2)34)13-18-24(21)31(39)26-25(29(18)37)28(36)17-8-7-9-20(41-3)23(17)30(26)38/h7-9,15-16,19,21-22,27,34-35,37,39-40H,4-6,10-14H2,1-3H3/t15-,16?,19-,21-,22-,27+,32-/m0/s1. The molecule has 6 rings (SSSR count). The van der Waals surface area contributed by atoms with Crippen LogP contribution in [0.25, 0.3) is 0 Å². The molecule has 11 heteroatoms. The number of likely N-dealkylation sites (tertiary alicyclic amines) is 1. The Labute approximate surface area is 249 Å². The monoisotopic (exact) mass is 597 g/mol. The molecule has 2 aromatic carbocycles. The first-order chi connectivity index (χ1) is 20.5. The van der Waals surface area contributed by atoms with Gasteiger partial charge in [0, 0.05) is 42.0 Å². The highest BCUT2D eigenvalue weighted by Crippen LogP contribution is 2.53. The zero-order valence-corrected chi connectivity index (χ0v) is 24.6. The molecular formula is C32H39NO10. The molecule has 0 aromatic heterocycles. The molecule has 2 heterocycles. The molecule has 7 atom stereocenters. The number of carbonyl (C=O) groups is 2. The summed E-state index contributed by atoms with van der Waals surface area (Å²) in [5, 5.41) is 56.3. The number of piperidine rings is 1. The second-order valence-corrected chi connectivity index (χ2v) is 12.3. The van der Waals surface area contributed by atoms with Gasteiger partial charge < -0.3 is 39.7 Å². The van der Waals surface area contributed by atoms with Crippen LogP contribution < -0.4 is 4.74 Å². The average Bonchev–Trinajstić information content (AvgIpc) is 2.99. The van der Waals surface area contributed by atoms with Gasteiger partial charge in [0.1, 0.15) is 17.2 Å². The van der Waals surface area contributed by atoms with Gasteiger partial charge in [-0.1, -0.05) is 18.6 Å². The molecule has 43 heavy (non-hydrogen) atoms. The molecule has 0 bridgehead atoms. The van der Waals surface area contributed by atoms with Crippen molar-refractivity contribution in [2.75, 3.05) is 20.2 Å². The highest BCUT2D eigenvalue weighted by atomic mass is 16.7. The molecule has 0 radical (unpaired) electrons. The van der Waals surface area contributed by atoms with Crippen LogP contribution in [-0.2, 0) is 15.9 Å². The van der Waals surface area contributed by atoms with E-state index in [2.05, 4.69) is 4.90 Å². The number of nitrogens with zero attached hydrogens (tertiary/aromatic N) is 1. The van der Waals surface area contributed by atoms with Crippen molar-refractivity contribution in [1.82, 2.24) is 4.90 Å². The van der Waals surface area contributed by atoms with Crippen LogP contribution in [0.5, 0.6) is 17.2 Å². The molecule has 1 unspecified atom stereocenters. The first kappa shape index (κ1) is 30.0. The zero-order valence-electron chi connectivity index (χ0n) is 24.6. The van der Waals surface area contributed by atoms with Gasteiger partial charge in [0.05, 0.1) is 53.8 Å². The Balaban J connectivity index is 1.44. The van der Waals surface area contributed by atoms with E-state index in [0.29, 0.717) is 6.42 Å². The van der Waals surface area contributed by atoms with Crippen molar-refractivity contribution >= 4 is 11.6 Å². The van der Waals surface area contributed by atoms with Crippen molar-refractivity contribution in [1.29, 1.82) is 0 Å². The summed E-state index contributed by atoms with van der Waals surface area (Å²) >= 11 is 0. The fourth-order valence-electron chi connectivity index (χ4n) is 7.29. The van der Waals surface area contributed by atoms with E-state index in [1.807, 2.05) is 0 Å². The molecule has 2 aliphatic heterocycles. The number of ether oxygens (including phenoxy) is 3. The number of rotatable bonds is 5. The van der Waals surface area contributed by atoms with Crippen LogP contribution >= 0.6 is 0 Å². The van der Waals surface area contributed by atoms with Gasteiger partial charge in [0.25, 0.3) is 0 Å². The maximum absolute atomic E-state index is 13.8. The molecule has 232 valence electrons. The number of phenolic OH excluding ortho intramolecular Hbond substituents is 2. The fraction of sp³-hybridized carbons (Fsp3) is 0.562. The minimum absolute atomic E-state index is 0.0138. The van der Waals surface area contributed by atoms with Gasteiger partial charge in [-0.25, -0.2) is 0 Å². The summed E-state index contributed by atoms with van der Waals surface area (Å²) < 4.78 is 17.8. The molecule has 2 aromatic rings. The molecule has 5 N–H and O–H groups in total. The van der Waals surface area contributed by atoms with Gasteiger partial charge in [0.15, 0.2) is 12.1 Å². The van der Waals surface area contributed by atoms with E-state index in [1.54, 1.807) is 13.0 Å². The summed E-state index contributed by atoms with van der Waals surface area (Å²) in [6.07, 6.45) is -1.55. The van der Waals surface area contributed by atoms with Crippen LogP contribution in [0, 0.1) is 0 Å². The number of benzene rings is 2. The van der Waals surface area contributed by atoms with Crippen molar-refractivity contribution in [2.45, 2.75) is 94.7 Å². The van der Waals surface area contributed by atoms with Gasteiger partial charge >= 0.3 is 0 Å². The van der Waals surface area contributed by atoms with Crippen molar-refractivity contribution in [3.63, 3.8) is 0 Å². The number of fused-ring (bicyclic) bond motifs is 3. The van der Waals surface area contributed by atoms with E-state index in [-0.39, 0.29) is 58.0 Å². The third-order valence-electron chi connectivity index (χ3n) is 9.73. The molecule has 11 nitrogen and oxygen atoms in total. The van der Waals surface area contributed by atoms with Gasteiger partial charge in [-0.05, 0) is 45.8 Å². The lowest BCUT2D eigenvalue weighted by atomic mass is 9.71. The number of methoxy groups -OCH3 is 1. The summed E-state index contributed by atoms with van der Waals surface area (Å²) in [6, 6.07) is 4.30. The highest BCUT2D eigenvalue weighted by Gasteiger charge is 2.49. The summed E-state index contributed by atoms with van der Waals surface area (Å²) in [6.45, 7) is 4.86. The normalized spacial score (nSPS) is 31.6. The van der Waals surface area contributed by atoms with Gasteiger partial charge in [-0.3, -0.25) is 14.5 Å². The summed E-state index contributed by atoms with van der Waals surface area (Å²) in [5.41, 5.74) is -2.45. The Morgan fingerprint density at radius 3 is 2.42 bits per heavy atom. The highest BCUT2D eigenvalue weighted by molar-refractivity contribution is 6.31. The number of phenols is 2. The number of aliphatic hydroxyl groups excluding tert-OH is 2. The molecule has 0 spiro atoms. The largest absolute Gasteiger partial charge is 0.507 e. The molecule has 2 aliphatic carbocycles. The fourth-order valence-corrected chi connectivity index (χ4v) is 7.29. The number of hydrogen-bond acceptors (Lipinski definition) is 11. The third-order valence-corrected chi connectivity index (χ3v) is 9.73. The van der Waals surface area contributed by atoms with Crippen LogP contribution in [0.1, 0.15) is 95.0 Å². The topological polar surface area (TPSA) is 166 Å². The SMILES string of the molecule is COc1cccc2c1C(=O)c1c(O)c3c(c(O)c1C2=O)C[C@@](O)(C(C)O)C[C@@H]3O[C@H]1C[C@H](N2CCCCC2)[C@H](O)[C@H](C)O1. The van der Waals surface area contributed by atoms with E-state index < -0.39 is 59.4 Å². The quantitative estimate of drug-likeness (QED) is 0.274. The predicted molar refractivity (Wildman–Crippen MR) is 153 cm³/mol. The molecule has 4 aliphatic rings. The minimum Gasteiger partial charge on any atom is -0.507 e. The number of hydrogen-bond donors (Lipinski definition) is 5. The van der Waals surface area contributed by atoms with Gasteiger partial charge in [-0.15, -0.1) is 0 Å². The lowest BCUT2D eigenvalue weighted by molar-refractivity contribution is -0.262. The average molecular weight is 598 g/mol. The van der Waals surface area contributed by atoms with E-state index >= 15 is 0 Å². The van der Waals surface area contributed by atoms with Crippen LogP contribution in [0.4, 0.5) is 0 Å². The second-order valence-electron chi connectivity index (χ2n) is 12.3. The lowest BCUT2D eigenvalue weighted by Crippen LogP contribution is -2.56. The van der Waals surface area contributed by atoms with Crippen LogP contribution in [-0.4, -0.2) is 98.4 Å². The van der Waals surface area contributed by atoms with E-state index in [0.717, 1.165) is 32.4 Å². The van der Waals surface area contributed by atoms with Crippen LogP contribution in [0.2, 0.25) is 0 Å². The third kappa shape index (κ3) is 4.83. The predicted octanol–water partition coefficient (Wildman–Crippen LogP) is 2.35. The molecule has 0 amide bonds. The molecule has 2 fully saturated rings. The Morgan fingerprint density at radius 2 is 1.74 bits per heavy atom. The maximum Gasteiger partial charge on any atom is 0.202 e. The Kier molecular flexibility index (Phi) is 7.77. The number of aliphatic hydroxyl groups is 3. The minimum atomic E-state index is -1.79. The zero-order chi connectivity index (χ0) is 30.8. The Bertz CT molecular complexity index is 1450. The Hall–Kier alpha value is -3.06. The molecular weight excluding hydrogens is 558 g/mol. The number of carbonyl (C=O) groups excluding carboxylic acids is 2. The van der Waals surface area contributed by atoms with Crippen molar-refractivity contribution in [3.05, 3.63) is 51.6 Å². The van der Waals surface area contributed by atoms with Crippen LogP contribution in [0.15, 0.2) is 18.2 Å². The van der Waals surface area contributed by atoms with Gasteiger partial charge in [0.2, 0.25) is 5.78 Å².